The number of nitrogens with zero attached hydrogens (tertiary/aromatic N) is 2. The summed E-state index contributed by atoms with van der Waals surface area (Å²) in [5.41, 5.74) is 0.452. The average molecular weight is 346 g/mol. The van der Waals surface area contributed by atoms with Gasteiger partial charge in [0.2, 0.25) is 0 Å². The summed E-state index contributed by atoms with van der Waals surface area (Å²) in [5.74, 6) is -0.832. The van der Waals surface area contributed by atoms with Gasteiger partial charge in [-0.3, -0.25) is 19.4 Å². The Kier molecular flexibility index (Phi) is 4.75. The molecular formula is C19H23FN2O3. The van der Waals surface area contributed by atoms with Crippen molar-refractivity contribution >= 4 is 11.8 Å². The maximum Gasteiger partial charge on any atom is 0.261 e. The van der Waals surface area contributed by atoms with Crippen LogP contribution >= 0.6 is 0 Å². The molecule has 0 N–H and O–H groups in total. The fourth-order valence-electron chi connectivity index (χ4n) is 3.20. The molecule has 2 aliphatic rings. The van der Waals surface area contributed by atoms with Crippen LogP contribution in [0.15, 0.2) is 36.2 Å². The van der Waals surface area contributed by atoms with E-state index < -0.39 is 5.72 Å². The SMILES string of the molecule is CN1[C@@H](/C=C(\F)CCCN2C(=O)c3ccccc3C2=O)COC1(C)C. The summed E-state index contributed by atoms with van der Waals surface area (Å²) in [7, 11) is 1.90. The number of amides is 2. The van der Waals surface area contributed by atoms with Gasteiger partial charge in [0.15, 0.2) is 0 Å². The van der Waals surface area contributed by atoms with Crippen LogP contribution in [0.25, 0.3) is 0 Å². The highest BCUT2D eigenvalue weighted by Crippen LogP contribution is 2.27. The lowest BCUT2D eigenvalue weighted by Crippen LogP contribution is -2.39. The number of rotatable bonds is 5. The minimum Gasteiger partial charge on any atom is -0.359 e. The van der Waals surface area contributed by atoms with Gasteiger partial charge in [0.1, 0.15) is 5.72 Å². The topological polar surface area (TPSA) is 49.9 Å². The van der Waals surface area contributed by atoms with E-state index in [1.165, 1.54) is 4.90 Å². The fraction of sp³-hybridized carbons (Fsp3) is 0.474. The summed E-state index contributed by atoms with van der Waals surface area (Å²) in [5, 5.41) is 0. The third-order valence-electron chi connectivity index (χ3n) is 5.00. The molecule has 0 bridgehead atoms. The lowest BCUT2D eigenvalue weighted by atomic mass is 10.1. The van der Waals surface area contributed by atoms with E-state index >= 15 is 0 Å². The molecule has 0 saturated carbocycles. The van der Waals surface area contributed by atoms with Crippen molar-refractivity contribution in [2.45, 2.75) is 38.5 Å². The molecule has 0 aliphatic carbocycles. The van der Waals surface area contributed by atoms with Gasteiger partial charge in [-0.2, -0.15) is 0 Å². The summed E-state index contributed by atoms with van der Waals surface area (Å²) >= 11 is 0. The van der Waals surface area contributed by atoms with Crippen LogP contribution in [-0.2, 0) is 4.74 Å². The van der Waals surface area contributed by atoms with Crippen molar-refractivity contribution in [2.75, 3.05) is 20.2 Å². The van der Waals surface area contributed by atoms with Gasteiger partial charge >= 0.3 is 0 Å². The van der Waals surface area contributed by atoms with E-state index in [-0.39, 0.29) is 36.6 Å². The van der Waals surface area contributed by atoms with E-state index in [4.69, 9.17) is 4.74 Å². The maximum atomic E-state index is 14.2. The lowest BCUT2D eigenvalue weighted by Gasteiger charge is -2.28. The van der Waals surface area contributed by atoms with Crippen LogP contribution in [0, 0.1) is 0 Å². The molecule has 0 spiro atoms. The van der Waals surface area contributed by atoms with Gasteiger partial charge in [-0.05, 0) is 45.5 Å². The number of hydrogen-bond donors (Lipinski definition) is 0. The first kappa shape index (κ1) is 17.8. The second kappa shape index (κ2) is 6.69. The largest absolute Gasteiger partial charge is 0.359 e. The quantitative estimate of drug-likeness (QED) is 0.769. The van der Waals surface area contributed by atoms with Crippen molar-refractivity contribution in [1.82, 2.24) is 9.80 Å². The summed E-state index contributed by atoms with van der Waals surface area (Å²) in [4.78, 5) is 27.7. The van der Waals surface area contributed by atoms with E-state index in [2.05, 4.69) is 0 Å². The molecule has 1 saturated heterocycles. The van der Waals surface area contributed by atoms with Gasteiger partial charge < -0.3 is 4.74 Å². The Balaban J connectivity index is 1.55. The normalized spacial score (nSPS) is 23.4. The Morgan fingerprint density at radius 3 is 2.40 bits per heavy atom. The predicted molar refractivity (Wildman–Crippen MR) is 91.8 cm³/mol. The van der Waals surface area contributed by atoms with Crippen LogP contribution in [0.3, 0.4) is 0 Å². The van der Waals surface area contributed by atoms with Gasteiger partial charge in [0.25, 0.3) is 11.8 Å². The number of benzene rings is 1. The predicted octanol–water partition coefficient (Wildman–Crippen LogP) is 2.98. The number of hydrogen-bond acceptors (Lipinski definition) is 4. The molecule has 3 rings (SSSR count). The molecule has 2 aliphatic heterocycles. The number of halogens is 1. The van der Waals surface area contributed by atoms with E-state index in [1.54, 1.807) is 30.3 Å². The van der Waals surface area contributed by atoms with Gasteiger partial charge in [0, 0.05) is 13.0 Å². The Morgan fingerprint density at radius 1 is 1.28 bits per heavy atom. The fourth-order valence-corrected chi connectivity index (χ4v) is 3.20. The van der Waals surface area contributed by atoms with Crippen LogP contribution in [0.2, 0.25) is 0 Å². The molecule has 6 heteroatoms. The monoisotopic (exact) mass is 346 g/mol. The van der Waals surface area contributed by atoms with Crippen molar-refractivity contribution in [2.24, 2.45) is 0 Å². The number of carbonyl (C=O) groups excluding carboxylic acids is 2. The summed E-state index contributed by atoms with van der Waals surface area (Å²) < 4.78 is 19.8. The third-order valence-corrected chi connectivity index (χ3v) is 5.00. The molecule has 1 atom stereocenters. The van der Waals surface area contributed by atoms with Crippen molar-refractivity contribution in [3.8, 4) is 0 Å². The number of likely N-dealkylation sites (N-methyl/N-ethyl adjacent to an activating group) is 1. The lowest BCUT2D eigenvalue weighted by molar-refractivity contribution is -0.0402. The van der Waals surface area contributed by atoms with Crippen LogP contribution in [-0.4, -0.2) is 53.6 Å². The van der Waals surface area contributed by atoms with Crippen molar-refractivity contribution in [3.63, 3.8) is 0 Å². The zero-order chi connectivity index (χ0) is 18.2. The number of fused-ring (bicyclic) bond motifs is 1. The van der Waals surface area contributed by atoms with E-state index in [0.29, 0.717) is 24.2 Å². The molecular weight excluding hydrogens is 323 g/mol. The molecule has 0 radical (unpaired) electrons. The van der Waals surface area contributed by atoms with Crippen LogP contribution < -0.4 is 0 Å². The summed E-state index contributed by atoms with van der Waals surface area (Å²) in [6.45, 7) is 4.56. The highest BCUT2D eigenvalue weighted by atomic mass is 19.1. The summed E-state index contributed by atoms with van der Waals surface area (Å²) in [6.07, 6.45) is 2.16. The van der Waals surface area contributed by atoms with Gasteiger partial charge in [-0.1, -0.05) is 12.1 Å². The first-order valence-electron chi connectivity index (χ1n) is 8.49. The number of carbonyl (C=O) groups is 2. The second-order valence-electron chi connectivity index (χ2n) is 6.96. The first-order chi connectivity index (χ1) is 11.8. The zero-order valence-corrected chi connectivity index (χ0v) is 14.8. The first-order valence-corrected chi connectivity index (χ1v) is 8.49. The van der Waals surface area contributed by atoms with Gasteiger partial charge in [-0.25, -0.2) is 4.39 Å². The van der Waals surface area contributed by atoms with Crippen LogP contribution in [0.1, 0.15) is 47.4 Å². The molecule has 2 heterocycles. The smallest absolute Gasteiger partial charge is 0.261 e. The molecule has 25 heavy (non-hydrogen) atoms. The van der Waals surface area contributed by atoms with Crippen LogP contribution in [0.5, 0.6) is 0 Å². The Labute approximate surface area is 147 Å². The van der Waals surface area contributed by atoms with Crippen molar-refractivity contribution in [3.05, 3.63) is 47.3 Å². The van der Waals surface area contributed by atoms with Crippen molar-refractivity contribution < 1.29 is 18.7 Å². The standard InChI is InChI=1S/C19H23FN2O3/c1-19(2)21(3)14(12-25-19)11-13(20)7-6-10-22-17(23)15-8-4-5-9-16(15)18(22)24/h4-5,8-9,11,14H,6-7,10,12H2,1-3H3/b13-11-/t14-/m0/s1. The molecule has 1 fully saturated rings. The number of allylic oxidation sites excluding steroid dienone is 1. The van der Waals surface area contributed by atoms with Gasteiger partial charge in [0.05, 0.1) is 29.6 Å². The zero-order valence-electron chi connectivity index (χ0n) is 14.8. The highest BCUT2D eigenvalue weighted by molar-refractivity contribution is 6.21. The molecule has 0 unspecified atom stereocenters. The average Bonchev–Trinajstić information content (AvgIpc) is 2.97. The minimum atomic E-state index is -0.401. The Morgan fingerprint density at radius 2 is 1.88 bits per heavy atom. The van der Waals surface area contributed by atoms with Gasteiger partial charge in [-0.15, -0.1) is 0 Å². The van der Waals surface area contributed by atoms with Crippen molar-refractivity contribution in [1.29, 1.82) is 0 Å². The van der Waals surface area contributed by atoms with E-state index in [1.807, 2.05) is 25.8 Å². The molecule has 1 aromatic carbocycles. The maximum absolute atomic E-state index is 14.2. The highest BCUT2D eigenvalue weighted by Gasteiger charge is 2.37. The molecule has 1 aromatic rings. The number of ether oxygens (including phenoxy) is 1. The summed E-state index contributed by atoms with van der Waals surface area (Å²) in [6, 6.07) is 6.66. The van der Waals surface area contributed by atoms with E-state index in [9.17, 15) is 14.0 Å². The minimum absolute atomic E-state index is 0.102. The van der Waals surface area contributed by atoms with Crippen LogP contribution in [0.4, 0.5) is 4.39 Å². The van der Waals surface area contributed by atoms with E-state index in [0.717, 1.165) is 0 Å². The number of imide groups is 1. The Bertz CT molecular complexity index is 694. The third kappa shape index (κ3) is 3.37. The Hall–Kier alpha value is -2.05. The second-order valence-corrected chi connectivity index (χ2v) is 6.96. The molecule has 2 amide bonds. The molecule has 0 aromatic heterocycles. The molecule has 5 nitrogen and oxygen atoms in total. The molecule has 134 valence electrons.